The number of nitriles is 1. The lowest BCUT2D eigenvalue weighted by Crippen LogP contribution is -2.43. The third kappa shape index (κ3) is 9.60. The second-order valence-corrected chi connectivity index (χ2v) is 12.7. The Morgan fingerprint density at radius 1 is 1.14 bits per heavy atom. The Labute approximate surface area is 267 Å². The summed E-state index contributed by atoms with van der Waals surface area (Å²) in [5, 5.41) is 17.7. The van der Waals surface area contributed by atoms with Gasteiger partial charge in [-0.05, 0) is 94.9 Å². The predicted molar refractivity (Wildman–Crippen MR) is 182 cm³/mol. The van der Waals surface area contributed by atoms with Crippen LogP contribution in [0.2, 0.25) is 0 Å². The van der Waals surface area contributed by atoms with E-state index in [0.29, 0.717) is 17.1 Å². The smallest absolute Gasteiger partial charge is 0.267 e. The van der Waals surface area contributed by atoms with Crippen molar-refractivity contribution in [2.24, 2.45) is 0 Å². The van der Waals surface area contributed by atoms with E-state index in [-0.39, 0.29) is 34.1 Å². The fourth-order valence-corrected chi connectivity index (χ4v) is 5.68. The van der Waals surface area contributed by atoms with Crippen molar-refractivity contribution in [3.05, 3.63) is 65.3 Å². The molecule has 2 aromatic rings. The zero-order valence-electron chi connectivity index (χ0n) is 27.5. The van der Waals surface area contributed by atoms with Crippen LogP contribution in [0.25, 0.3) is 10.8 Å². The van der Waals surface area contributed by atoms with E-state index in [1.54, 1.807) is 27.2 Å². The SMILES string of the molecule is C=CNc1ccc2cc(C(=O)NCCN3CCCC3)ccc2c1.CC.CC1S/C(=C(/C#N)C(=O)N(C)C(C)(C)C)N(C)C1=O. The molecule has 238 valence electrons. The van der Waals surface area contributed by atoms with Crippen molar-refractivity contribution in [3.8, 4) is 6.07 Å². The predicted octanol–water partition coefficient (Wildman–Crippen LogP) is 5.82. The fourth-order valence-electron chi connectivity index (χ4n) is 4.59. The van der Waals surface area contributed by atoms with E-state index in [4.69, 9.17) is 0 Å². The number of hydrogen-bond donors (Lipinski definition) is 2. The minimum Gasteiger partial charge on any atom is -0.362 e. The Hall–Kier alpha value is -3.81. The molecule has 9 nitrogen and oxygen atoms in total. The maximum absolute atomic E-state index is 12.4. The van der Waals surface area contributed by atoms with Crippen LogP contribution in [-0.4, -0.2) is 83.5 Å². The van der Waals surface area contributed by atoms with Crippen LogP contribution in [0.5, 0.6) is 0 Å². The maximum atomic E-state index is 12.4. The molecule has 0 spiro atoms. The third-order valence-electron chi connectivity index (χ3n) is 7.41. The molecule has 2 N–H and O–H groups in total. The molecule has 4 rings (SSSR count). The molecule has 2 aliphatic heterocycles. The third-order valence-corrected chi connectivity index (χ3v) is 8.66. The van der Waals surface area contributed by atoms with Gasteiger partial charge in [0.05, 0.1) is 5.25 Å². The molecule has 3 amide bonds. The number of hydrogen-bond acceptors (Lipinski definition) is 7. The normalized spacial score (nSPS) is 17.5. The quantitative estimate of drug-likeness (QED) is 0.297. The summed E-state index contributed by atoms with van der Waals surface area (Å²) in [6.45, 7) is 19.1. The maximum Gasteiger partial charge on any atom is 0.267 e. The molecular weight excluding hydrogens is 572 g/mol. The number of amides is 3. The van der Waals surface area contributed by atoms with Crippen LogP contribution in [0.1, 0.15) is 64.7 Å². The Morgan fingerprint density at radius 2 is 1.75 bits per heavy atom. The number of anilines is 1. The van der Waals surface area contributed by atoms with Crippen LogP contribution in [0.15, 0.2) is 59.8 Å². The molecule has 2 aromatic carbocycles. The largest absolute Gasteiger partial charge is 0.362 e. The molecule has 0 saturated carbocycles. The molecular formula is C34H48N6O3S. The first kappa shape index (κ1) is 36.4. The zero-order valence-corrected chi connectivity index (χ0v) is 28.3. The summed E-state index contributed by atoms with van der Waals surface area (Å²) in [5.74, 6) is -0.440. The highest BCUT2D eigenvalue weighted by atomic mass is 32.2. The molecule has 1 atom stereocenters. The summed E-state index contributed by atoms with van der Waals surface area (Å²) in [7, 11) is 3.25. The minimum absolute atomic E-state index is 0.000565. The van der Waals surface area contributed by atoms with Gasteiger partial charge in [-0.15, -0.1) is 0 Å². The van der Waals surface area contributed by atoms with Crippen molar-refractivity contribution in [2.75, 3.05) is 45.6 Å². The van der Waals surface area contributed by atoms with Crippen LogP contribution < -0.4 is 10.6 Å². The zero-order chi connectivity index (χ0) is 33.0. The van der Waals surface area contributed by atoms with Gasteiger partial charge in [0, 0.05) is 44.0 Å². The van der Waals surface area contributed by atoms with Gasteiger partial charge in [0.1, 0.15) is 16.7 Å². The van der Waals surface area contributed by atoms with Crippen LogP contribution in [-0.2, 0) is 9.59 Å². The molecule has 0 aromatic heterocycles. The first-order chi connectivity index (χ1) is 20.9. The molecule has 0 radical (unpaired) electrons. The number of benzene rings is 2. The summed E-state index contributed by atoms with van der Waals surface area (Å²) in [4.78, 5) is 41.7. The van der Waals surface area contributed by atoms with E-state index >= 15 is 0 Å². The van der Waals surface area contributed by atoms with Crippen molar-refractivity contribution >= 4 is 45.9 Å². The van der Waals surface area contributed by atoms with Crippen molar-refractivity contribution < 1.29 is 14.4 Å². The van der Waals surface area contributed by atoms with Gasteiger partial charge in [-0.2, -0.15) is 5.26 Å². The van der Waals surface area contributed by atoms with Crippen molar-refractivity contribution in [1.29, 1.82) is 5.26 Å². The first-order valence-electron chi connectivity index (χ1n) is 15.2. The van der Waals surface area contributed by atoms with E-state index in [1.807, 2.05) is 77.1 Å². The van der Waals surface area contributed by atoms with Gasteiger partial charge in [-0.25, -0.2) is 0 Å². The molecule has 0 bridgehead atoms. The fraction of sp³-hybridized carbons (Fsp3) is 0.471. The van der Waals surface area contributed by atoms with Gasteiger partial charge in [0.15, 0.2) is 0 Å². The number of thioether (sulfide) groups is 1. The van der Waals surface area contributed by atoms with E-state index < -0.39 is 0 Å². The number of likely N-dealkylation sites (tertiary alicyclic amines) is 1. The van der Waals surface area contributed by atoms with E-state index in [2.05, 4.69) is 22.1 Å². The molecule has 2 saturated heterocycles. The second-order valence-electron chi connectivity index (χ2n) is 11.4. The Bertz CT molecular complexity index is 1400. The monoisotopic (exact) mass is 620 g/mol. The van der Waals surface area contributed by atoms with Crippen LogP contribution >= 0.6 is 11.8 Å². The summed E-state index contributed by atoms with van der Waals surface area (Å²) in [6.07, 6.45) is 4.21. The number of rotatable bonds is 7. The van der Waals surface area contributed by atoms with Crippen LogP contribution in [0, 0.1) is 11.3 Å². The van der Waals surface area contributed by atoms with Gasteiger partial charge in [-0.1, -0.05) is 44.3 Å². The Morgan fingerprint density at radius 3 is 2.30 bits per heavy atom. The van der Waals surface area contributed by atoms with Gasteiger partial charge in [0.25, 0.3) is 11.8 Å². The summed E-state index contributed by atoms with van der Waals surface area (Å²) >= 11 is 1.26. The molecule has 10 heteroatoms. The van der Waals surface area contributed by atoms with Gasteiger partial charge in [-0.3, -0.25) is 14.4 Å². The second kappa shape index (κ2) is 16.9. The number of nitrogens with one attached hydrogen (secondary N) is 2. The molecule has 44 heavy (non-hydrogen) atoms. The van der Waals surface area contributed by atoms with E-state index in [1.165, 1.54) is 34.4 Å². The number of carbonyl (C=O) groups excluding carboxylic acids is 3. The van der Waals surface area contributed by atoms with Gasteiger partial charge >= 0.3 is 0 Å². The van der Waals surface area contributed by atoms with Gasteiger partial charge < -0.3 is 25.3 Å². The van der Waals surface area contributed by atoms with E-state index in [0.717, 1.165) is 36.1 Å². The summed E-state index contributed by atoms with van der Waals surface area (Å²) in [6, 6.07) is 13.8. The molecule has 2 aliphatic rings. The number of carbonyl (C=O) groups is 3. The minimum atomic E-state index is -0.378. The van der Waals surface area contributed by atoms with Gasteiger partial charge in [0.2, 0.25) is 5.91 Å². The highest BCUT2D eigenvalue weighted by Crippen LogP contribution is 2.36. The lowest BCUT2D eigenvalue weighted by atomic mass is 10.1. The van der Waals surface area contributed by atoms with Crippen LogP contribution in [0.3, 0.4) is 0 Å². The molecule has 0 aliphatic carbocycles. The first-order valence-corrected chi connectivity index (χ1v) is 16.0. The highest BCUT2D eigenvalue weighted by molar-refractivity contribution is 8.04. The average Bonchev–Trinajstić information content (AvgIpc) is 3.62. The number of fused-ring (bicyclic) bond motifs is 1. The highest BCUT2D eigenvalue weighted by Gasteiger charge is 2.36. The Balaban J connectivity index is 0.000000296. The average molecular weight is 621 g/mol. The number of nitrogens with zero attached hydrogens (tertiary/aromatic N) is 4. The van der Waals surface area contributed by atoms with Crippen molar-refractivity contribution in [3.63, 3.8) is 0 Å². The van der Waals surface area contributed by atoms with Crippen LogP contribution in [0.4, 0.5) is 5.69 Å². The Kier molecular flexibility index (Phi) is 14.0. The molecule has 2 heterocycles. The molecule has 2 fully saturated rings. The summed E-state index contributed by atoms with van der Waals surface area (Å²) < 4.78 is 0. The topological polar surface area (TPSA) is 109 Å². The lowest BCUT2D eigenvalue weighted by molar-refractivity contribution is -0.129. The lowest BCUT2D eigenvalue weighted by Gasteiger charge is -2.32. The van der Waals surface area contributed by atoms with Crippen molar-refractivity contribution in [2.45, 2.75) is 65.2 Å². The van der Waals surface area contributed by atoms with Crippen molar-refractivity contribution in [1.82, 2.24) is 20.0 Å². The van der Waals surface area contributed by atoms with E-state index in [9.17, 15) is 19.6 Å². The summed E-state index contributed by atoms with van der Waals surface area (Å²) in [5.41, 5.74) is 1.36. The number of likely N-dealkylation sites (N-methyl/N-ethyl adjacent to an activating group) is 1. The molecule has 1 unspecified atom stereocenters. The standard InChI is InChI=1S/C19H23N3O.C13H19N3O2S.C2H6/c1-2-20-18-8-7-15-13-17(6-5-16(15)14-18)19(23)21-9-12-22-10-3-4-11-22;1-8-10(17)15(5)12(19-8)9(7-14)11(18)16(6)13(2,3)4;1-2/h2,5-8,13-14,20H,1,3-4,9-12H2,(H,21,23);8H,1-6H3;1-2H3/b;12-9-;.